The molecule has 0 saturated carbocycles. The van der Waals surface area contributed by atoms with Crippen molar-refractivity contribution in [1.29, 1.82) is 0 Å². The van der Waals surface area contributed by atoms with Gasteiger partial charge in [0.1, 0.15) is 0 Å². The summed E-state index contributed by atoms with van der Waals surface area (Å²) in [5.41, 5.74) is 1.05. The Morgan fingerprint density at radius 2 is 2.09 bits per heavy atom. The fourth-order valence-electron chi connectivity index (χ4n) is 1.82. The van der Waals surface area contributed by atoms with Gasteiger partial charge in [-0.1, -0.05) is 6.07 Å². The molecular weight excluding hydrogens is 280 g/mol. The summed E-state index contributed by atoms with van der Waals surface area (Å²) in [6.07, 6.45) is 3.91. The lowest BCUT2D eigenvalue weighted by molar-refractivity contribution is 0.143. The number of pyridine rings is 1. The van der Waals surface area contributed by atoms with Gasteiger partial charge in [0.2, 0.25) is 5.88 Å². The maximum atomic E-state index is 5.32. The third kappa shape index (κ3) is 7.83. The molecule has 0 saturated heterocycles. The maximum Gasteiger partial charge on any atom is 0.212 e. The first-order valence-electron chi connectivity index (χ1n) is 7.89. The normalized spacial score (nSPS) is 11.3. The summed E-state index contributed by atoms with van der Waals surface area (Å²) < 4.78 is 10.4. The number of hydrogen-bond donors (Lipinski definition) is 2. The first-order valence-corrected chi connectivity index (χ1v) is 7.89. The van der Waals surface area contributed by atoms with Gasteiger partial charge >= 0.3 is 0 Å². The summed E-state index contributed by atoms with van der Waals surface area (Å²) in [6.45, 7) is 8.00. The van der Waals surface area contributed by atoms with Crippen LogP contribution in [-0.2, 0) is 11.3 Å². The summed E-state index contributed by atoms with van der Waals surface area (Å²) in [7, 11) is 1.61. The highest BCUT2D eigenvalue weighted by Crippen LogP contribution is 2.07. The zero-order valence-corrected chi connectivity index (χ0v) is 13.9. The third-order valence-corrected chi connectivity index (χ3v) is 2.98. The Morgan fingerprint density at radius 1 is 1.23 bits per heavy atom. The molecule has 0 spiro atoms. The van der Waals surface area contributed by atoms with E-state index in [1.165, 1.54) is 0 Å². The van der Waals surface area contributed by atoms with Gasteiger partial charge in [0.05, 0.1) is 13.7 Å². The second kappa shape index (κ2) is 11.8. The lowest BCUT2D eigenvalue weighted by Gasteiger charge is -2.11. The second-order valence-electron chi connectivity index (χ2n) is 4.73. The van der Waals surface area contributed by atoms with Gasteiger partial charge in [-0.25, -0.2) is 9.98 Å². The van der Waals surface area contributed by atoms with Crippen molar-refractivity contribution in [2.24, 2.45) is 4.99 Å². The van der Waals surface area contributed by atoms with E-state index in [-0.39, 0.29) is 0 Å². The predicted octanol–water partition coefficient (Wildman–Crippen LogP) is 1.96. The van der Waals surface area contributed by atoms with Crippen LogP contribution in [0, 0.1) is 0 Å². The van der Waals surface area contributed by atoms with Crippen molar-refractivity contribution in [2.45, 2.75) is 33.2 Å². The van der Waals surface area contributed by atoms with Gasteiger partial charge < -0.3 is 20.1 Å². The Morgan fingerprint density at radius 3 is 2.73 bits per heavy atom. The maximum absolute atomic E-state index is 5.32. The Labute approximate surface area is 133 Å². The molecule has 0 radical (unpaired) electrons. The standard InChI is InChI=1S/C16H28N4O2/c1-4-17-16(18-10-6-7-11-22-5-2)20-13-14-8-9-15(21-3)19-12-14/h8-9,12H,4-7,10-11,13H2,1-3H3,(H2,17,18,20). The van der Waals surface area contributed by atoms with Crippen molar-refractivity contribution >= 4 is 5.96 Å². The van der Waals surface area contributed by atoms with Crippen LogP contribution >= 0.6 is 0 Å². The van der Waals surface area contributed by atoms with Gasteiger partial charge in [0, 0.05) is 38.6 Å². The van der Waals surface area contributed by atoms with Crippen molar-refractivity contribution < 1.29 is 9.47 Å². The lowest BCUT2D eigenvalue weighted by Crippen LogP contribution is -2.37. The Kier molecular flexibility index (Phi) is 9.78. The van der Waals surface area contributed by atoms with Crippen LogP contribution in [0.4, 0.5) is 0 Å². The minimum absolute atomic E-state index is 0.589. The molecule has 124 valence electrons. The number of aromatic nitrogens is 1. The summed E-state index contributed by atoms with van der Waals surface area (Å²) in [4.78, 5) is 8.73. The van der Waals surface area contributed by atoms with Crippen LogP contribution in [0.1, 0.15) is 32.3 Å². The van der Waals surface area contributed by atoms with E-state index in [1.807, 2.05) is 19.1 Å². The highest BCUT2D eigenvalue weighted by atomic mass is 16.5. The first-order chi connectivity index (χ1) is 10.8. The Balaban J connectivity index is 2.36. The number of nitrogens with one attached hydrogen (secondary N) is 2. The molecule has 0 aliphatic heterocycles. The molecule has 0 unspecified atom stereocenters. The molecule has 0 fully saturated rings. The Bertz CT molecular complexity index is 421. The molecule has 2 N–H and O–H groups in total. The monoisotopic (exact) mass is 308 g/mol. The molecule has 0 aromatic carbocycles. The minimum Gasteiger partial charge on any atom is -0.481 e. The summed E-state index contributed by atoms with van der Waals surface area (Å²) >= 11 is 0. The van der Waals surface area contributed by atoms with E-state index < -0.39 is 0 Å². The predicted molar refractivity (Wildman–Crippen MR) is 89.3 cm³/mol. The van der Waals surface area contributed by atoms with Gasteiger partial charge in [-0.3, -0.25) is 0 Å². The molecule has 0 amide bonds. The highest BCUT2D eigenvalue weighted by Gasteiger charge is 1.99. The molecule has 1 rings (SSSR count). The van der Waals surface area contributed by atoms with Gasteiger partial charge in [-0.05, 0) is 32.3 Å². The molecule has 0 aliphatic rings. The molecule has 1 aromatic rings. The van der Waals surface area contributed by atoms with Crippen molar-refractivity contribution in [3.8, 4) is 5.88 Å². The van der Waals surface area contributed by atoms with E-state index >= 15 is 0 Å². The molecule has 1 heterocycles. The largest absolute Gasteiger partial charge is 0.481 e. The molecule has 1 aromatic heterocycles. The molecular formula is C16H28N4O2. The van der Waals surface area contributed by atoms with Crippen molar-refractivity contribution in [1.82, 2.24) is 15.6 Å². The van der Waals surface area contributed by atoms with E-state index in [0.29, 0.717) is 12.4 Å². The van der Waals surface area contributed by atoms with E-state index in [0.717, 1.165) is 50.7 Å². The highest BCUT2D eigenvalue weighted by molar-refractivity contribution is 5.79. The van der Waals surface area contributed by atoms with Crippen molar-refractivity contribution in [2.75, 3.05) is 33.4 Å². The second-order valence-corrected chi connectivity index (χ2v) is 4.73. The average molecular weight is 308 g/mol. The molecule has 0 atom stereocenters. The van der Waals surface area contributed by atoms with Crippen LogP contribution in [0.15, 0.2) is 23.3 Å². The smallest absolute Gasteiger partial charge is 0.212 e. The quantitative estimate of drug-likeness (QED) is 0.393. The van der Waals surface area contributed by atoms with Crippen LogP contribution in [-0.4, -0.2) is 44.4 Å². The van der Waals surface area contributed by atoms with E-state index in [9.17, 15) is 0 Å². The molecule has 6 nitrogen and oxygen atoms in total. The van der Waals surface area contributed by atoms with E-state index in [2.05, 4.69) is 27.5 Å². The number of hydrogen-bond acceptors (Lipinski definition) is 4. The minimum atomic E-state index is 0.589. The zero-order chi connectivity index (χ0) is 16.0. The van der Waals surface area contributed by atoms with Crippen LogP contribution in [0.3, 0.4) is 0 Å². The van der Waals surface area contributed by atoms with Crippen LogP contribution in [0.5, 0.6) is 5.88 Å². The van der Waals surface area contributed by atoms with E-state index in [1.54, 1.807) is 13.3 Å². The van der Waals surface area contributed by atoms with Gasteiger partial charge in [-0.2, -0.15) is 0 Å². The fourth-order valence-corrected chi connectivity index (χ4v) is 1.82. The molecule has 6 heteroatoms. The van der Waals surface area contributed by atoms with Gasteiger partial charge in [0.15, 0.2) is 5.96 Å². The SMILES string of the molecule is CCNC(=NCc1ccc(OC)nc1)NCCCCOCC. The molecule has 0 aliphatic carbocycles. The van der Waals surface area contributed by atoms with Gasteiger partial charge in [-0.15, -0.1) is 0 Å². The zero-order valence-electron chi connectivity index (χ0n) is 13.9. The summed E-state index contributed by atoms with van der Waals surface area (Å²) in [5, 5.41) is 6.57. The van der Waals surface area contributed by atoms with Crippen molar-refractivity contribution in [3.63, 3.8) is 0 Å². The van der Waals surface area contributed by atoms with Crippen LogP contribution < -0.4 is 15.4 Å². The van der Waals surface area contributed by atoms with E-state index in [4.69, 9.17) is 9.47 Å². The number of guanidine groups is 1. The number of aliphatic imine (C=N–C) groups is 1. The number of nitrogens with zero attached hydrogens (tertiary/aromatic N) is 2. The fraction of sp³-hybridized carbons (Fsp3) is 0.625. The third-order valence-electron chi connectivity index (χ3n) is 2.98. The number of rotatable bonds is 10. The van der Waals surface area contributed by atoms with Gasteiger partial charge in [0.25, 0.3) is 0 Å². The number of methoxy groups -OCH3 is 1. The average Bonchev–Trinajstić information content (AvgIpc) is 2.56. The number of ether oxygens (including phenoxy) is 2. The first kappa shape index (κ1) is 18.2. The molecule has 22 heavy (non-hydrogen) atoms. The van der Waals surface area contributed by atoms with Crippen LogP contribution in [0.2, 0.25) is 0 Å². The number of unbranched alkanes of at least 4 members (excludes halogenated alkanes) is 1. The summed E-state index contributed by atoms with van der Waals surface area (Å²) in [5.74, 6) is 1.45. The molecule has 0 bridgehead atoms. The van der Waals surface area contributed by atoms with Crippen molar-refractivity contribution in [3.05, 3.63) is 23.9 Å². The Hall–Kier alpha value is -1.82. The topological polar surface area (TPSA) is 67.8 Å². The lowest BCUT2D eigenvalue weighted by atomic mass is 10.3. The summed E-state index contributed by atoms with van der Waals surface area (Å²) in [6, 6.07) is 3.82. The van der Waals surface area contributed by atoms with Crippen LogP contribution in [0.25, 0.3) is 0 Å².